The van der Waals surface area contributed by atoms with Gasteiger partial charge in [-0.15, -0.1) is 11.8 Å². The van der Waals surface area contributed by atoms with Crippen LogP contribution in [0.5, 0.6) is 0 Å². The molecule has 0 spiro atoms. The SMILES string of the molecule is CC(C)CC(=O)c1ccc(SCc2ccccc2F)cc1. The van der Waals surface area contributed by atoms with Crippen molar-refractivity contribution in [2.75, 3.05) is 0 Å². The summed E-state index contributed by atoms with van der Waals surface area (Å²) in [6.07, 6.45) is 0.571. The van der Waals surface area contributed by atoms with Crippen molar-refractivity contribution in [3.63, 3.8) is 0 Å². The van der Waals surface area contributed by atoms with Crippen LogP contribution in [-0.4, -0.2) is 5.78 Å². The molecule has 0 atom stereocenters. The molecule has 0 saturated heterocycles. The lowest BCUT2D eigenvalue weighted by Gasteiger charge is -2.06. The Morgan fingerprint density at radius 3 is 2.38 bits per heavy atom. The second-order valence-corrected chi connectivity index (χ2v) is 6.47. The standard InChI is InChI=1S/C18H19FOS/c1-13(2)11-18(20)14-7-9-16(10-8-14)21-12-15-5-3-4-6-17(15)19/h3-10,13H,11-12H2,1-2H3. The molecule has 0 aromatic heterocycles. The summed E-state index contributed by atoms with van der Waals surface area (Å²) in [4.78, 5) is 13.0. The summed E-state index contributed by atoms with van der Waals surface area (Å²) in [7, 11) is 0. The Labute approximate surface area is 129 Å². The number of carbonyl (C=O) groups is 1. The van der Waals surface area contributed by atoms with Crippen molar-refractivity contribution in [3.05, 3.63) is 65.5 Å². The van der Waals surface area contributed by atoms with Gasteiger partial charge in [-0.3, -0.25) is 4.79 Å². The van der Waals surface area contributed by atoms with Gasteiger partial charge in [0.2, 0.25) is 0 Å². The number of rotatable bonds is 6. The first-order chi connectivity index (χ1) is 10.1. The third-order valence-electron chi connectivity index (χ3n) is 3.12. The van der Waals surface area contributed by atoms with Gasteiger partial charge >= 0.3 is 0 Å². The van der Waals surface area contributed by atoms with Crippen LogP contribution in [-0.2, 0) is 5.75 Å². The van der Waals surface area contributed by atoms with Gasteiger partial charge in [-0.1, -0.05) is 44.2 Å². The first-order valence-corrected chi connectivity index (χ1v) is 8.04. The molecule has 0 heterocycles. The van der Waals surface area contributed by atoms with Gasteiger partial charge in [0, 0.05) is 22.6 Å². The zero-order valence-corrected chi connectivity index (χ0v) is 13.1. The van der Waals surface area contributed by atoms with Crippen molar-refractivity contribution >= 4 is 17.5 Å². The minimum absolute atomic E-state index is 0.172. The Morgan fingerprint density at radius 1 is 1.10 bits per heavy atom. The Bertz CT molecular complexity index is 605. The number of thioether (sulfide) groups is 1. The van der Waals surface area contributed by atoms with E-state index in [4.69, 9.17) is 0 Å². The lowest BCUT2D eigenvalue weighted by molar-refractivity contribution is 0.0968. The quantitative estimate of drug-likeness (QED) is 0.529. The normalized spacial score (nSPS) is 10.9. The van der Waals surface area contributed by atoms with Crippen LogP contribution in [0.2, 0.25) is 0 Å². The summed E-state index contributed by atoms with van der Waals surface area (Å²) in [5.74, 6) is 0.961. The topological polar surface area (TPSA) is 17.1 Å². The molecular weight excluding hydrogens is 283 g/mol. The Kier molecular flexibility index (Phi) is 5.57. The fraction of sp³-hybridized carbons (Fsp3) is 0.278. The minimum Gasteiger partial charge on any atom is -0.294 e. The number of benzene rings is 2. The fourth-order valence-corrected chi connectivity index (χ4v) is 2.89. The first kappa shape index (κ1) is 15.8. The zero-order chi connectivity index (χ0) is 15.2. The number of ketones is 1. The van der Waals surface area contributed by atoms with Gasteiger partial charge in [0.05, 0.1) is 0 Å². The van der Waals surface area contributed by atoms with Gasteiger partial charge in [-0.05, 0) is 29.7 Å². The molecule has 0 unspecified atom stereocenters. The molecule has 2 aromatic carbocycles. The number of Topliss-reactive ketones (excluding diaryl/α,β-unsaturated/α-hetero) is 1. The molecule has 2 rings (SSSR count). The highest BCUT2D eigenvalue weighted by molar-refractivity contribution is 7.98. The monoisotopic (exact) mass is 302 g/mol. The Hall–Kier alpha value is -1.61. The van der Waals surface area contributed by atoms with E-state index in [9.17, 15) is 9.18 Å². The predicted molar refractivity (Wildman–Crippen MR) is 86.2 cm³/mol. The smallest absolute Gasteiger partial charge is 0.163 e. The Balaban J connectivity index is 1.97. The van der Waals surface area contributed by atoms with Crippen LogP contribution in [0.25, 0.3) is 0 Å². The lowest BCUT2D eigenvalue weighted by atomic mass is 10.0. The molecule has 3 heteroatoms. The van der Waals surface area contributed by atoms with E-state index in [0.29, 0.717) is 23.7 Å². The molecule has 0 aliphatic carbocycles. The van der Waals surface area contributed by atoms with E-state index in [1.165, 1.54) is 6.07 Å². The number of carbonyl (C=O) groups excluding carboxylic acids is 1. The van der Waals surface area contributed by atoms with E-state index in [1.807, 2.05) is 44.2 Å². The van der Waals surface area contributed by atoms with Crippen molar-refractivity contribution in [1.29, 1.82) is 0 Å². The van der Waals surface area contributed by atoms with Crippen molar-refractivity contribution in [3.8, 4) is 0 Å². The van der Waals surface area contributed by atoms with Gasteiger partial charge in [-0.2, -0.15) is 0 Å². The highest BCUT2D eigenvalue weighted by Crippen LogP contribution is 2.24. The largest absolute Gasteiger partial charge is 0.294 e. The molecule has 1 nitrogen and oxygen atoms in total. The highest BCUT2D eigenvalue weighted by Gasteiger charge is 2.08. The van der Waals surface area contributed by atoms with Crippen LogP contribution < -0.4 is 0 Å². The fourth-order valence-electron chi connectivity index (χ4n) is 2.00. The average Bonchev–Trinajstić information content (AvgIpc) is 2.46. The van der Waals surface area contributed by atoms with Gasteiger partial charge in [-0.25, -0.2) is 4.39 Å². The molecule has 0 amide bonds. The molecule has 0 aliphatic rings. The van der Waals surface area contributed by atoms with E-state index in [-0.39, 0.29) is 11.6 Å². The molecule has 21 heavy (non-hydrogen) atoms. The molecule has 0 N–H and O–H groups in total. The molecule has 0 saturated carbocycles. The highest BCUT2D eigenvalue weighted by atomic mass is 32.2. The average molecular weight is 302 g/mol. The van der Waals surface area contributed by atoms with Crippen molar-refractivity contribution in [2.45, 2.75) is 30.9 Å². The van der Waals surface area contributed by atoms with Crippen LogP contribution in [0.3, 0.4) is 0 Å². The summed E-state index contributed by atoms with van der Waals surface area (Å²) in [5.41, 5.74) is 1.45. The van der Waals surface area contributed by atoms with Crippen molar-refractivity contribution in [1.82, 2.24) is 0 Å². The third-order valence-corrected chi connectivity index (χ3v) is 4.18. The summed E-state index contributed by atoms with van der Waals surface area (Å²) >= 11 is 1.57. The first-order valence-electron chi connectivity index (χ1n) is 7.05. The van der Waals surface area contributed by atoms with Crippen molar-refractivity contribution < 1.29 is 9.18 Å². The number of halogens is 1. The predicted octanol–water partition coefficient (Wildman–Crippen LogP) is 5.35. The van der Waals surface area contributed by atoms with E-state index in [0.717, 1.165) is 10.5 Å². The molecule has 110 valence electrons. The summed E-state index contributed by atoms with van der Waals surface area (Å²) in [6.45, 7) is 4.08. The van der Waals surface area contributed by atoms with Crippen LogP contribution in [0.4, 0.5) is 4.39 Å². The molecule has 0 aliphatic heterocycles. The third kappa shape index (κ3) is 4.71. The maximum absolute atomic E-state index is 13.5. The Morgan fingerprint density at radius 2 is 1.76 bits per heavy atom. The maximum atomic E-state index is 13.5. The van der Waals surface area contributed by atoms with Crippen LogP contribution in [0.15, 0.2) is 53.4 Å². The van der Waals surface area contributed by atoms with Crippen LogP contribution >= 0.6 is 11.8 Å². The van der Waals surface area contributed by atoms with Crippen LogP contribution in [0.1, 0.15) is 36.2 Å². The summed E-state index contributed by atoms with van der Waals surface area (Å²) in [6, 6.07) is 14.4. The molecule has 0 bridgehead atoms. The molecule has 0 radical (unpaired) electrons. The summed E-state index contributed by atoms with van der Waals surface area (Å²) < 4.78 is 13.5. The molecule has 2 aromatic rings. The van der Waals surface area contributed by atoms with E-state index >= 15 is 0 Å². The number of hydrogen-bond donors (Lipinski definition) is 0. The second-order valence-electron chi connectivity index (χ2n) is 5.43. The van der Waals surface area contributed by atoms with E-state index in [2.05, 4.69) is 0 Å². The lowest BCUT2D eigenvalue weighted by Crippen LogP contribution is -2.03. The molecular formula is C18H19FOS. The number of hydrogen-bond acceptors (Lipinski definition) is 2. The van der Waals surface area contributed by atoms with Gasteiger partial charge in [0.25, 0.3) is 0 Å². The minimum atomic E-state index is -0.172. The van der Waals surface area contributed by atoms with Crippen molar-refractivity contribution in [2.24, 2.45) is 5.92 Å². The van der Waals surface area contributed by atoms with Gasteiger partial charge in [0.1, 0.15) is 5.82 Å². The molecule has 0 fully saturated rings. The summed E-state index contributed by atoms with van der Waals surface area (Å²) in [5, 5.41) is 0. The van der Waals surface area contributed by atoms with Crippen LogP contribution in [0, 0.1) is 11.7 Å². The van der Waals surface area contributed by atoms with Gasteiger partial charge in [0.15, 0.2) is 5.78 Å². The van der Waals surface area contributed by atoms with E-state index < -0.39 is 0 Å². The zero-order valence-electron chi connectivity index (χ0n) is 12.3. The second kappa shape index (κ2) is 7.41. The van der Waals surface area contributed by atoms with Gasteiger partial charge < -0.3 is 0 Å². The maximum Gasteiger partial charge on any atom is 0.163 e. The van der Waals surface area contributed by atoms with E-state index in [1.54, 1.807) is 23.9 Å².